The van der Waals surface area contributed by atoms with E-state index in [9.17, 15) is 40.5 Å². The van der Waals surface area contributed by atoms with E-state index in [1.807, 2.05) is 0 Å². The molecule has 0 aromatic heterocycles. The van der Waals surface area contributed by atoms with Crippen molar-refractivity contribution in [2.45, 2.75) is 261 Å². The summed E-state index contributed by atoms with van der Waals surface area (Å²) in [5.41, 5.74) is 0. The minimum Gasteiger partial charge on any atom is -0.457 e. The molecular weight excluding hydrogens is 1000 g/mol. The van der Waals surface area contributed by atoms with Gasteiger partial charge in [0, 0.05) is 13.0 Å². The number of carbonyl (C=O) groups excluding carboxylic acids is 1. The van der Waals surface area contributed by atoms with Crippen molar-refractivity contribution in [3.63, 3.8) is 0 Å². The molecule has 2 aliphatic heterocycles. The van der Waals surface area contributed by atoms with Gasteiger partial charge in [0.2, 0.25) is 0 Å². The van der Waals surface area contributed by atoms with Gasteiger partial charge in [0.25, 0.3) is 0 Å². The zero-order valence-electron chi connectivity index (χ0n) is 48.6. The van der Waals surface area contributed by atoms with E-state index >= 15 is 0 Å². The van der Waals surface area contributed by atoms with E-state index in [0.717, 1.165) is 96.3 Å². The van der Waals surface area contributed by atoms with Crippen LogP contribution in [-0.4, -0.2) is 142 Å². The van der Waals surface area contributed by atoms with Crippen LogP contribution in [0.4, 0.5) is 0 Å². The van der Waals surface area contributed by atoms with Crippen molar-refractivity contribution in [2.75, 3.05) is 33.0 Å². The predicted molar refractivity (Wildman–Crippen MR) is 316 cm³/mol. The van der Waals surface area contributed by atoms with Gasteiger partial charge in [-0.2, -0.15) is 0 Å². The average Bonchev–Trinajstić information content (AvgIpc) is 3.46. The molecule has 14 heteroatoms. The molecule has 0 saturated carbocycles. The second-order valence-corrected chi connectivity index (χ2v) is 20.8. The van der Waals surface area contributed by atoms with E-state index < -0.39 is 86.7 Å². The lowest BCUT2D eigenvalue weighted by atomic mass is 9.98. The summed E-state index contributed by atoms with van der Waals surface area (Å²) in [6.45, 7) is 3.49. The maximum atomic E-state index is 13.1. The van der Waals surface area contributed by atoms with E-state index in [1.165, 1.54) is 70.6 Å². The molecule has 11 atom stereocenters. The fourth-order valence-electron chi connectivity index (χ4n) is 8.88. The quantitative estimate of drug-likeness (QED) is 0.0172. The number of ether oxygens (including phenoxy) is 6. The van der Waals surface area contributed by atoms with Crippen LogP contribution < -0.4 is 0 Å². The molecule has 11 unspecified atom stereocenters. The highest BCUT2D eigenvalue weighted by molar-refractivity contribution is 5.69. The SMILES string of the molecule is CC/C=C\C/C=C\C/C=C\C/C=C\C/C=C\C/C=C\C/C=C\CCCCCC(=O)OC(COCCCCCCCCCCCC/C=C\C/C=C\CCCCC)COC1OC(COC2OC(CO)C(O)C(O)C2O)C(O)C(O)C1O. The maximum Gasteiger partial charge on any atom is 0.306 e. The molecule has 0 spiro atoms. The minimum absolute atomic E-state index is 0.0386. The van der Waals surface area contributed by atoms with E-state index in [-0.39, 0.29) is 19.6 Å². The Hall–Kier alpha value is -3.35. The first-order chi connectivity index (χ1) is 38.6. The number of rotatable bonds is 48. The Morgan fingerprint density at radius 3 is 1.29 bits per heavy atom. The van der Waals surface area contributed by atoms with Crippen molar-refractivity contribution >= 4 is 5.97 Å². The first-order valence-corrected chi connectivity index (χ1v) is 30.5. The lowest BCUT2D eigenvalue weighted by Crippen LogP contribution is -2.61. The number of allylic oxidation sites excluding steroid dienone is 18. The number of hydrogen-bond donors (Lipinski definition) is 7. The molecule has 0 radical (unpaired) electrons. The van der Waals surface area contributed by atoms with Crippen molar-refractivity contribution in [3.8, 4) is 0 Å². The van der Waals surface area contributed by atoms with Crippen LogP contribution in [0.5, 0.6) is 0 Å². The largest absolute Gasteiger partial charge is 0.457 e. The molecule has 2 aliphatic rings. The molecule has 2 heterocycles. The van der Waals surface area contributed by atoms with Gasteiger partial charge < -0.3 is 64.2 Å². The van der Waals surface area contributed by atoms with E-state index in [2.05, 4.69) is 123 Å². The van der Waals surface area contributed by atoms with Crippen LogP contribution in [0.1, 0.15) is 194 Å². The lowest BCUT2D eigenvalue weighted by molar-refractivity contribution is -0.332. The molecule has 79 heavy (non-hydrogen) atoms. The number of aliphatic hydroxyl groups is 7. The zero-order valence-corrected chi connectivity index (χ0v) is 48.6. The Kier molecular flexibility index (Phi) is 45.8. The van der Waals surface area contributed by atoms with Crippen molar-refractivity contribution in [3.05, 3.63) is 109 Å². The maximum absolute atomic E-state index is 13.1. The average molecular weight is 1110 g/mol. The second-order valence-electron chi connectivity index (χ2n) is 20.8. The third kappa shape index (κ3) is 36.7. The van der Waals surface area contributed by atoms with Gasteiger partial charge in [-0.05, 0) is 103 Å². The van der Waals surface area contributed by atoms with Gasteiger partial charge >= 0.3 is 5.97 Å². The minimum atomic E-state index is -1.72. The van der Waals surface area contributed by atoms with Crippen LogP contribution in [0.2, 0.25) is 0 Å². The predicted octanol–water partition coefficient (Wildman–Crippen LogP) is 11.5. The van der Waals surface area contributed by atoms with Crippen LogP contribution in [0, 0.1) is 0 Å². The van der Waals surface area contributed by atoms with Gasteiger partial charge in [-0.15, -0.1) is 0 Å². The Morgan fingerprint density at radius 2 is 0.823 bits per heavy atom. The van der Waals surface area contributed by atoms with Gasteiger partial charge in [0.05, 0.1) is 26.4 Å². The van der Waals surface area contributed by atoms with Crippen molar-refractivity contribution < 1.29 is 69.0 Å². The number of aliphatic hydroxyl groups excluding tert-OH is 7. The monoisotopic (exact) mass is 1110 g/mol. The summed E-state index contributed by atoms with van der Waals surface area (Å²) in [4.78, 5) is 13.1. The number of unbranched alkanes of at least 4 members (excludes halogenated alkanes) is 16. The summed E-state index contributed by atoms with van der Waals surface area (Å²) in [7, 11) is 0. The topological polar surface area (TPSA) is 214 Å². The molecule has 2 rings (SSSR count). The van der Waals surface area contributed by atoms with Gasteiger partial charge in [-0.3, -0.25) is 4.79 Å². The third-order valence-electron chi connectivity index (χ3n) is 13.8. The van der Waals surface area contributed by atoms with Gasteiger partial charge in [-0.1, -0.05) is 194 Å². The van der Waals surface area contributed by atoms with Crippen molar-refractivity contribution in [2.24, 2.45) is 0 Å². The van der Waals surface area contributed by atoms with Gasteiger partial charge in [0.15, 0.2) is 12.6 Å². The van der Waals surface area contributed by atoms with Gasteiger partial charge in [-0.25, -0.2) is 0 Å². The Bertz CT molecular complexity index is 1720. The molecule has 0 aliphatic carbocycles. The molecule has 7 N–H and O–H groups in total. The molecule has 2 saturated heterocycles. The van der Waals surface area contributed by atoms with E-state index in [4.69, 9.17) is 28.4 Å². The number of esters is 1. The van der Waals surface area contributed by atoms with Gasteiger partial charge in [0.1, 0.15) is 54.9 Å². The molecule has 0 amide bonds. The van der Waals surface area contributed by atoms with Crippen LogP contribution in [0.15, 0.2) is 109 Å². The summed E-state index contributed by atoms with van der Waals surface area (Å²) in [5.74, 6) is -0.412. The fourth-order valence-corrected chi connectivity index (χ4v) is 8.88. The Morgan fingerprint density at radius 1 is 0.430 bits per heavy atom. The molecular formula is C65H108O14. The van der Waals surface area contributed by atoms with Crippen LogP contribution in [0.25, 0.3) is 0 Å². The first kappa shape index (κ1) is 71.8. The Balaban J connectivity index is 1.73. The highest BCUT2D eigenvalue weighted by Crippen LogP contribution is 2.26. The van der Waals surface area contributed by atoms with Crippen molar-refractivity contribution in [1.29, 1.82) is 0 Å². The standard InChI is InChI=1S/C65H108O14/c1-3-5-7-9-11-13-15-17-19-21-23-25-26-27-28-29-30-32-34-36-38-40-42-44-46-48-57(67)77-54(51-74-49-47-45-43-41-39-37-35-33-31-24-22-20-18-16-14-12-10-8-6-4-2)52-75-64-63(73)61(71)59(69)56(79-64)53-76-65-62(72)60(70)58(68)55(50-66)78-65/h5,7,11-14,17-20,23,25,27-28,30,32,36,38,54-56,58-66,68-73H,3-4,6,8-10,15-16,21-22,24,26,29,31,33-35,37,39-53H2,1-2H3/b7-5-,13-11-,14-12-,19-17-,20-18-,25-23-,28-27-,32-30-,38-36-. The van der Waals surface area contributed by atoms with E-state index in [0.29, 0.717) is 13.0 Å². The van der Waals surface area contributed by atoms with Crippen LogP contribution >= 0.6 is 0 Å². The second kappa shape index (κ2) is 50.4. The molecule has 452 valence electrons. The first-order valence-electron chi connectivity index (χ1n) is 30.5. The van der Waals surface area contributed by atoms with Crippen LogP contribution in [-0.2, 0) is 33.2 Å². The highest BCUT2D eigenvalue weighted by Gasteiger charge is 2.47. The normalized spacial score (nSPS) is 24.8. The summed E-state index contributed by atoms with van der Waals surface area (Å²) < 4.78 is 34.4. The fraction of sp³-hybridized carbons (Fsp3) is 0.708. The molecule has 0 bridgehead atoms. The summed E-state index contributed by atoms with van der Waals surface area (Å²) in [6, 6.07) is 0. The highest BCUT2D eigenvalue weighted by atomic mass is 16.7. The third-order valence-corrected chi connectivity index (χ3v) is 13.8. The molecule has 14 nitrogen and oxygen atoms in total. The summed E-state index contributed by atoms with van der Waals surface area (Å²) >= 11 is 0. The van der Waals surface area contributed by atoms with E-state index in [1.54, 1.807) is 0 Å². The molecule has 2 fully saturated rings. The zero-order chi connectivity index (χ0) is 57.2. The summed E-state index contributed by atoms with van der Waals surface area (Å²) in [5, 5.41) is 72.4. The molecule has 0 aromatic rings. The summed E-state index contributed by atoms with van der Waals surface area (Å²) in [6.07, 6.45) is 52.8. The Labute approximate surface area is 476 Å². The van der Waals surface area contributed by atoms with Crippen molar-refractivity contribution in [1.82, 2.24) is 0 Å². The number of hydrogen-bond acceptors (Lipinski definition) is 14. The molecule has 0 aromatic carbocycles. The van der Waals surface area contributed by atoms with Crippen LogP contribution in [0.3, 0.4) is 0 Å². The smallest absolute Gasteiger partial charge is 0.306 e. The lowest BCUT2D eigenvalue weighted by Gasteiger charge is -2.42. The number of carbonyl (C=O) groups is 1.